The molecule has 1 N–H and O–H groups in total. The Kier molecular flexibility index (Phi) is 8.31. The Bertz CT molecular complexity index is 329. The van der Waals surface area contributed by atoms with E-state index in [9.17, 15) is 0 Å². The summed E-state index contributed by atoms with van der Waals surface area (Å²) in [6, 6.07) is 0. The van der Waals surface area contributed by atoms with Gasteiger partial charge in [0.1, 0.15) is 0 Å². The third-order valence-electron chi connectivity index (χ3n) is 4.84. The highest BCUT2D eigenvalue weighted by Gasteiger charge is 2.30. The third-order valence-corrected chi connectivity index (χ3v) is 4.84. The van der Waals surface area contributed by atoms with Gasteiger partial charge in [-0.15, -0.1) is 24.0 Å². The maximum Gasteiger partial charge on any atom is 0.193 e. The summed E-state index contributed by atoms with van der Waals surface area (Å²) in [5.74, 6) is 1.74. The van der Waals surface area contributed by atoms with Crippen molar-refractivity contribution in [3.05, 3.63) is 0 Å². The van der Waals surface area contributed by atoms with Crippen LogP contribution in [0.4, 0.5) is 0 Å². The third kappa shape index (κ3) is 5.58. The van der Waals surface area contributed by atoms with Crippen LogP contribution in [0.1, 0.15) is 46.0 Å². The van der Waals surface area contributed by atoms with Crippen molar-refractivity contribution in [2.45, 2.75) is 46.0 Å². The Morgan fingerprint density at radius 2 is 2.10 bits per heavy atom. The highest BCUT2D eigenvalue weighted by atomic mass is 127. The molecule has 0 spiro atoms. The van der Waals surface area contributed by atoms with Gasteiger partial charge in [0.05, 0.1) is 6.61 Å². The molecular formula is C16H32IN3O. The van der Waals surface area contributed by atoms with E-state index < -0.39 is 0 Å². The zero-order valence-electron chi connectivity index (χ0n) is 13.9. The fourth-order valence-corrected chi connectivity index (χ4v) is 3.48. The minimum atomic E-state index is 0. The first-order valence-corrected chi connectivity index (χ1v) is 8.20. The molecule has 2 fully saturated rings. The molecule has 1 heterocycles. The van der Waals surface area contributed by atoms with E-state index in [0.29, 0.717) is 11.3 Å². The largest absolute Gasteiger partial charge is 0.381 e. The number of hydrogen-bond acceptors (Lipinski definition) is 2. The van der Waals surface area contributed by atoms with E-state index in [1.165, 1.54) is 32.1 Å². The number of rotatable bonds is 5. The summed E-state index contributed by atoms with van der Waals surface area (Å²) in [4.78, 5) is 6.86. The van der Waals surface area contributed by atoms with Gasteiger partial charge in [-0.2, -0.15) is 0 Å². The van der Waals surface area contributed by atoms with Gasteiger partial charge in [0.25, 0.3) is 0 Å². The second kappa shape index (κ2) is 9.18. The first-order chi connectivity index (χ1) is 9.67. The van der Waals surface area contributed by atoms with E-state index >= 15 is 0 Å². The molecule has 0 radical (unpaired) electrons. The van der Waals surface area contributed by atoms with Gasteiger partial charge in [-0.3, -0.25) is 4.99 Å². The number of guanidine groups is 1. The van der Waals surface area contributed by atoms with E-state index in [4.69, 9.17) is 4.74 Å². The average Bonchev–Trinajstić information content (AvgIpc) is 3.07. The predicted octanol–water partition coefficient (Wildman–Crippen LogP) is 3.12. The van der Waals surface area contributed by atoms with E-state index in [0.717, 1.165) is 38.8 Å². The molecule has 1 atom stereocenters. The van der Waals surface area contributed by atoms with Gasteiger partial charge >= 0.3 is 0 Å². The second-order valence-corrected chi connectivity index (χ2v) is 6.68. The van der Waals surface area contributed by atoms with Crippen LogP contribution in [0.2, 0.25) is 0 Å². The molecule has 5 heteroatoms. The molecule has 0 bridgehead atoms. The Morgan fingerprint density at radius 1 is 1.38 bits per heavy atom. The lowest BCUT2D eigenvalue weighted by atomic mass is 9.89. The highest BCUT2D eigenvalue weighted by Crippen LogP contribution is 2.36. The molecule has 1 saturated heterocycles. The summed E-state index contributed by atoms with van der Waals surface area (Å²) in [6.07, 6.45) is 6.69. The molecule has 21 heavy (non-hydrogen) atoms. The maximum absolute atomic E-state index is 5.55. The first-order valence-electron chi connectivity index (χ1n) is 8.20. The van der Waals surface area contributed by atoms with Gasteiger partial charge in [-0.25, -0.2) is 0 Å². The zero-order valence-corrected chi connectivity index (χ0v) is 16.2. The number of nitrogens with zero attached hydrogens (tertiary/aromatic N) is 2. The van der Waals surface area contributed by atoms with E-state index in [1.54, 1.807) is 0 Å². The number of halogens is 1. The highest BCUT2D eigenvalue weighted by molar-refractivity contribution is 14.0. The Labute approximate surface area is 147 Å². The van der Waals surface area contributed by atoms with E-state index in [1.807, 2.05) is 7.05 Å². The summed E-state index contributed by atoms with van der Waals surface area (Å²) in [5.41, 5.74) is 0.473. The minimum absolute atomic E-state index is 0. The molecule has 0 amide bonds. The molecular weight excluding hydrogens is 377 g/mol. The molecule has 0 aromatic rings. The summed E-state index contributed by atoms with van der Waals surface area (Å²) in [7, 11) is 1.90. The Hall–Kier alpha value is -0.0400. The molecule has 2 rings (SSSR count). The lowest BCUT2D eigenvalue weighted by Gasteiger charge is -2.28. The van der Waals surface area contributed by atoms with Gasteiger partial charge in [0.15, 0.2) is 5.96 Å². The van der Waals surface area contributed by atoms with Crippen LogP contribution in [-0.4, -0.2) is 50.8 Å². The van der Waals surface area contributed by atoms with Gasteiger partial charge in [-0.05, 0) is 31.6 Å². The van der Waals surface area contributed by atoms with Gasteiger partial charge in [0, 0.05) is 39.2 Å². The van der Waals surface area contributed by atoms with Crippen LogP contribution >= 0.6 is 24.0 Å². The molecule has 124 valence electrons. The molecule has 1 unspecified atom stereocenters. The van der Waals surface area contributed by atoms with Gasteiger partial charge in [-0.1, -0.05) is 19.8 Å². The number of likely N-dealkylation sites (tertiary alicyclic amines) is 1. The lowest BCUT2D eigenvalue weighted by molar-refractivity contribution is 0.114. The van der Waals surface area contributed by atoms with Crippen molar-refractivity contribution in [3.8, 4) is 0 Å². The molecule has 1 aliphatic carbocycles. The van der Waals surface area contributed by atoms with Crippen molar-refractivity contribution in [2.75, 3.05) is 39.9 Å². The first kappa shape index (κ1) is 19.0. The van der Waals surface area contributed by atoms with Crippen LogP contribution in [0.25, 0.3) is 0 Å². The standard InChI is InChI=1S/C16H31N3O.HI/c1-4-20-12-14-7-10-19(11-14)15(17-3)18-13-16(2)8-5-6-9-16;/h14H,4-13H2,1-3H3,(H,17,18);1H. The predicted molar refractivity (Wildman–Crippen MR) is 99.5 cm³/mol. The summed E-state index contributed by atoms with van der Waals surface area (Å²) in [5, 5.41) is 3.61. The number of nitrogens with one attached hydrogen (secondary N) is 1. The van der Waals surface area contributed by atoms with Crippen molar-refractivity contribution in [3.63, 3.8) is 0 Å². The molecule has 0 aromatic heterocycles. The van der Waals surface area contributed by atoms with E-state index in [2.05, 4.69) is 29.1 Å². The van der Waals surface area contributed by atoms with Gasteiger partial charge < -0.3 is 15.0 Å². The maximum atomic E-state index is 5.55. The molecule has 1 saturated carbocycles. The summed E-state index contributed by atoms with van der Waals surface area (Å²) < 4.78 is 5.55. The summed E-state index contributed by atoms with van der Waals surface area (Å²) in [6.45, 7) is 9.43. The van der Waals surface area contributed by atoms with E-state index in [-0.39, 0.29) is 24.0 Å². The fraction of sp³-hybridized carbons (Fsp3) is 0.938. The molecule has 2 aliphatic rings. The molecule has 1 aliphatic heterocycles. The van der Waals surface area contributed by atoms with Crippen LogP contribution in [0, 0.1) is 11.3 Å². The monoisotopic (exact) mass is 409 g/mol. The normalized spacial score (nSPS) is 25.0. The van der Waals surface area contributed by atoms with Gasteiger partial charge in [0.2, 0.25) is 0 Å². The zero-order chi connectivity index (χ0) is 14.4. The van der Waals surface area contributed by atoms with Crippen LogP contribution in [0.3, 0.4) is 0 Å². The quantitative estimate of drug-likeness (QED) is 0.431. The Morgan fingerprint density at radius 3 is 2.71 bits per heavy atom. The number of hydrogen-bond donors (Lipinski definition) is 1. The molecule has 4 nitrogen and oxygen atoms in total. The second-order valence-electron chi connectivity index (χ2n) is 6.68. The summed E-state index contributed by atoms with van der Waals surface area (Å²) >= 11 is 0. The van der Waals surface area contributed by atoms with Crippen molar-refractivity contribution in [1.82, 2.24) is 10.2 Å². The van der Waals surface area contributed by atoms with Crippen molar-refractivity contribution < 1.29 is 4.74 Å². The topological polar surface area (TPSA) is 36.9 Å². The SMILES string of the molecule is CCOCC1CCN(C(=NC)NCC2(C)CCCC2)C1.I. The van der Waals surface area contributed by atoms with Crippen LogP contribution in [-0.2, 0) is 4.74 Å². The average molecular weight is 409 g/mol. The van der Waals surface area contributed by atoms with Crippen LogP contribution in [0.5, 0.6) is 0 Å². The number of ether oxygens (including phenoxy) is 1. The van der Waals surface area contributed by atoms with Crippen molar-refractivity contribution in [2.24, 2.45) is 16.3 Å². The van der Waals surface area contributed by atoms with Crippen LogP contribution in [0.15, 0.2) is 4.99 Å². The minimum Gasteiger partial charge on any atom is -0.381 e. The lowest BCUT2D eigenvalue weighted by Crippen LogP contribution is -2.44. The number of aliphatic imine (C=N–C) groups is 1. The smallest absolute Gasteiger partial charge is 0.193 e. The molecule has 0 aromatic carbocycles. The van der Waals surface area contributed by atoms with Crippen LogP contribution < -0.4 is 5.32 Å². The Balaban J connectivity index is 0.00000220. The van der Waals surface area contributed by atoms with Crippen molar-refractivity contribution in [1.29, 1.82) is 0 Å². The fourth-order valence-electron chi connectivity index (χ4n) is 3.48. The van der Waals surface area contributed by atoms with Crippen molar-refractivity contribution >= 4 is 29.9 Å².